The summed E-state index contributed by atoms with van der Waals surface area (Å²) in [5, 5.41) is 3.34. The first-order valence-electron chi connectivity index (χ1n) is 5.22. The minimum absolute atomic E-state index is 0.0223. The molecule has 3 heteroatoms. The van der Waals surface area contributed by atoms with Gasteiger partial charge in [-0.05, 0) is 45.1 Å². The highest BCUT2D eigenvalue weighted by Crippen LogP contribution is 2.44. The molecule has 0 spiro atoms. The van der Waals surface area contributed by atoms with Crippen LogP contribution < -0.4 is 5.32 Å². The smallest absolute Gasteiger partial charge is 0.326 e. The van der Waals surface area contributed by atoms with Crippen LogP contribution >= 0.6 is 0 Å². The predicted molar refractivity (Wildman–Crippen MR) is 49.3 cm³/mol. The highest BCUT2D eigenvalue weighted by molar-refractivity contribution is 5.82. The molecule has 1 N–H and O–H groups in total. The summed E-state index contributed by atoms with van der Waals surface area (Å²) in [5.41, 5.74) is -0.283. The lowest BCUT2D eigenvalue weighted by atomic mass is 9.63. The predicted octanol–water partition coefficient (Wildman–Crippen LogP) is 1.08. The lowest BCUT2D eigenvalue weighted by Gasteiger charge is -2.50. The van der Waals surface area contributed by atoms with Crippen LogP contribution in [0.25, 0.3) is 0 Å². The molecular formula is C10H17NO2. The van der Waals surface area contributed by atoms with Crippen molar-refractivity contribution in [3.8, 4) is 0 Å². The van der Waals surface area contributed by atoms with E-state index in [-0.39, 0.29) is 11.5 Å². The van der Waals surface area contributed by atoms with Gasteiger partial charge in [-0.2, -0.15) is 0 Å². The van der Waals surface area contributed by atoms with Crippen molar-refractivity contribution in [1.29, 1.82) is 0 Å². The first-order chi connectivity index (χ1) is 6.29. The average molecular weight is 183 g/mol. The fourth-order valence-electron chi connectivity index (χ4n) is 2.52. The summed E-state index contributed by atoms with van der Waals surface area (Å²) in [4.78, 5) is 11.7. The van der Waals surface area contributed by atoms with Gasteiger partial charge in [0.1, 0.15) is 5.54 Å². The van der Waals surface area contributed by atoms with Crippen molar-refractivity contribution in [2.75, 3.05) is 13.2 Å². The highest BCUT2D eigenvalue weighted by Gasteiger charge is 2.54. The van der Waals surface area contributed by atoms with Crippen molar-refractivity contribution in [1.82, 2.24) is 5.32 Å². The molecule has 1 aliphatic carbocycles. The quantitative estimate of drug-likeness (QED) is 0.651. The van der Waals surface area contributed by atoms with Gasteiger partial charge in [-0.15, -0.1) is 0 Å². The maximum Gasteiger partial charge on any atom is 0.326 e. The molecule has 0 amide bonds. The first kappa shape index (κ1) is 9.00. The molecule has 1 heterocycles. The Morgan fingerprint density at radius 1 is 1.62 bits per heavy atom. The molecule has 0 aromatic carbocycles. The van der Waals surface area contributed by atoms with Gasteiger partial charge >= 0.3 is 5.97 Å². The Kier molecular flexibility index (Phi) is 2.28. The van der Waals surface area contributed by atoms with E-state index in [0.717, 1.165) is 13.0 Å². The van der Waals surface area contributed by atoms with Crippen LogP contribution in [0.15, 0.2) is 0 Å². The molecule has 2 atom stereocenters. The van der Waals surface area contributed by atoms with E-state index in [0.29, 0.717) is 12.5 Å². The number of ether oxygens (including phenoxy) is 1. The van der Waals surface area contributed by atoms with Gasteiger partial charge in [0.15, 0.2) is 0 Å². The highest BCUT2D eigenvalue weighted by atomic mass is 16.5. The van der Waals surface area contributed by atoms with Crippen molar-refractivity contribution < 1.29 is 9.53 Å². The molecule has 0 bridgehead atoms. The molecule has 74 valence electrons. The monoisotopic (exact) mass is 183 g/mol. The molecule has 0 radical (unpaired) electrons. The average Bonchev–Trinajstić information content (AvgIpc) is 2.08. The second-order valence-electron chi connectivity index (χ2n) is 4.00. The lowest BCUT2D eigenvalue weighted by Crippen LogP contribution is -2.66. The van der Waals surface area contributed by atoms with Gasteiger partial charge in [0.05, 0.1) is 6.61 Å². The molecule has 2 fully saturated rings. The number of nitrogens with one attached hydrogen (secondary N) is 1. The summed E-state index contributed by atoms with van der Waals surface area (Å²) in [6, 6.07) is 0. The Bertz CT molecular complexity index is 217. The minimum atomic E-state index is -0.283. The van der Waals surface area contributed by atoms with E-state index in [1.165, 1.54) is 19.3 Å². The van der Waals surface area contributed by atoms with Gasteiger partial charge in [-0.3, -0.25) is 4.79 Å². The summed E-state index contributed by atoms with van der Waals surface area (Å²) in [7, 11) is 0. The second kappa shape index (κ2) is 3.29. The number of fused-ring (bicyclic) bond motifs is 1. The summed E-state index contributed by atoms with van der Waals surface area (Å²) in [6.45, 7) is 3.33. The van der Waals surface area contributed by atoms with Crippen molar-refractivity contribution in [2.45, 2.75) is 38.1 Å². The Morgan fingerprint density at radius 2 is 2.46 bits per heavy atom. The zero-order valence-corrected chi connectivity index (χ0v) is 8.14. The molecule has 0 aromatic heterocycles. The van der Waals surface area contributed by atoms with Crippen molar-refractivity contribution >= 4 is 5.97 Å². The third-order valence-corrected chi connectivity index (χ3v) is 3.39. The first-order valence-corrected chi connectivity index (χ1v) is 5.22. The molecule has 3 nitrogen and oxygen atoms in total. The van der Waals surface area contributed by atoms with Crippen LogP contribution in [-0.2, 0) is 9.53 Å². The SMILES string of the molecule is CCOC(=O)[C@]12CC[C@H]1CCCN2. The maximum atomic E-state index is 11.7. The number of hydrogen-bond donors (Lipinski definition) is 1. The number of piperidine rings is 1. The minimum Gasteiger partial charge on any atom is -0.465 e. The summed E-state index contributed by atoms with van der Waals surface area (Å²) in [6.07, 6.45) is 4.54. The second-order valence-corrected chi connectivity index (χ2v) is 4.00. The zero-order valence-electron chi connectivity index (χ0n) is 8.14. The molecule has 0 unspecified atom stereocenters. The summed E-state index contributed by atoms with van der Waals surface area (Å²) in [5.74, 6) is 0.520. The van der Waals surface area contributed by atoms with Gasteiger partial charge in [-0.25, -0.2) is 0 Å². The number of carbonyl (C=O) groups is 1. The Morgan fingerprint density at radius 3 is 3.00 bits per heavy atom. The number of rotatable bonds is 2. The van der Waals surface area contributed by atoms with E-state index in [4.69, 9.17) is 4.74 Å². The number of esters is 1. The molecule has 0 aromatic rings. The molecule has 1 aliphatic heterocycles. The van der Waals surface area contributed by atoms with E-state index in [1.54, 1.807) is 0 Å². The van der Waals surface area contributed by atoms with E-state index in [2.05, 4.69) is 5.32 Å². The van der Waals surface area contributed by atoms with E-state index < -0.39 is 0 Å². The zero-order chi connectivity index (χ0) is 9.31. The van der Waals surface area contributed by atoms with E-state index >= 15 is 0 Å². The van der Waals surface area contributed by atoms with E-state index in [1.807, 2.05) is 6.92 Å². The van der Waals surface area contributed by atoms with E-state index in [9.17, 15) is 4.79 Å². The fraction of sp³-hybridized carbons (Fsp3) is 0.900. The van der Waals surface area contributed by atoms with Crippen LogP contribution in [0, 0.1) is 5.92 Å². The molecular weight excluding hydrogens is 166 g/mol. The summed E-state index contributed by atoms with van der Waals surface area (Å²) >= 11 is 0. The Balaban J connectivity index is 2.05. The van der Waals surface area contributed by atoms with Crippen LogP contribution in [0.2, 0.25) is 0 Å². The van der Waals surface area contributed by atoms with Crippen LogP contribution in [0.3, 0.4) is 0 Å². The topological polar surface area (TPSA) is 38.3 Å². The van der Waals surface area contributed by atoms with Crippen molar-refractivity contribution in [2.24, 2.45) is 5.92 Å². The summed E-state index contributed by atoms with van der Waals surface area (Å²) < 4.78 is 5.10. The Hall–Kier alpha value is -0.570. The van der Waals surface area contributed by atoms with Crippen LogP contribution in [0.5, 0.6) is 0 Å². The normalized spacial score (nSPS) is 37.5. The van der Waals surface area contributed by atoms with Crippen LogP contribution in [0.1, 0.15) is 32.6 Å². The number of carbonyl (C=O) groups excluding carboxylic acids is 1. The van der Waals surface area contributed by atoms with Gasteiger partial charge in [0.25, 0.3) is 0 Å². The maximum absolute atomic E-state index is 11.7. The molecule has 1 saturated heterocycles. The molecule has 1 saturated carbocycles. The fourth-order valence-corrected chi connectivity index (χ4v) is 2.52. The van der Waals surface area contributed by atoms with Gasteiger partial charge in [0.2, 0.25) is 0 Å². The van der Waals surface area contributed by atoms with Crippen LogP contribution in [0.4, 0.5) is 0 Å². The third kappa shape index (κ3) is 1.26. The van der Waals surface area contributed by atoms with Crippen molar-refractivity contribution in [3.63, 3.8) is 0 Å². The molecule has 2 rings (SSSR count). The standard InChI is InChI=1S/C10H17NO2/c1-2-13-9(12)10-6-5-8(10)4-3-7-11-10/h8,11H,2-7H2,1H3/t8-,10+/m1/s1. The lowest BCUT2D eigenvalue weighted by molar-refractivity contribution is -0.161. The molecule has 13 heavy (non-hydrogen) atoms. The van der Waals surface area contributed by atoms with Gasteiger partial charge in [0, 0.05) is 0 Å². The molecule has 2 aliphatic rings. The Labute approximate surface area is 78.8 Å². The number of hydrogen-bond acceptors (Lipinski definition) is 3. The van der Waals surface area contributed by atoms with Gasteiger partial charge in [-0.1, -0.05) is 0 Å². The largest absolute Gasteiger partial charge is 0.465 e. The van der Waals surface area contributed by atoms with Crippen LogP contribution in [-0.4, -0.2) is 24.7 Å². The third-order valence-electron chi connectivity index (χ3n) is 3.39. The van der Waals surface area contributed by atoms with Crippen molar-refractivity contribution in [3.05, 3.63) is 0 Å². The van der Waals surface area contributed by atoms with Gasteiger partial charge < -0.3 is 10.1 Å².